The van der Waals surface area contributed by atoms with Gasteiger partial charge in [0.2, 0.25) is 24.1 Å². The molecule has 0 radical (unpaired) electrons. The molecule has 1 aromatic rings. The fraction of sp³-hybridized carbons (Fsp3) is 0.450. The number of aromatic hydroxyl groups is 1. The minimum atomic E-state index is -0.928. The highest BCUT2D eigenvalue weighted by atomic mass is 16.5. The second kappa shape index (κ2) is 12.8. The zero-order valence-electron chi connectivity index (χ0n) is 17.7. The molecule has 0 spiro atoms. The van der Waals surface area contributed by atoms with E-state index < -0.39 is 29.9 Å². The number of hydrogen-bond acceptors (Lipinski definition) is 7. The molecule has 1 rings (SSSR count). The summed E-state index contributed by atoms with van der Waals surface area (Å²) in [4.78, 5) is 58.0. The highest BCUT2D eigenvalue weighted by Gasteiger charge is 2.23. The number of esters is 1. The third-order valence-electron chi connectivity index (χ3n) is 4.31. The van der Waals surface area contributed by atoms with E-state index in [1.54, 1.807) is 0 Å². The second-order valence-electron chi connectivity index (χ2n) is 6.76. The maximum absolute atomic E-state index is 12.7. The van der Waals surface area contributed by atoms with Crippen molar-refractivity contribution in [2.75, 3.05) is 19.0 Å². The van der Waals surface area contributed by atoms with Crippen LogP contribution in [0.25, 0.3) is 0 Å². The van der Waals surface area contributed by atoms with E-state index in [-0.39, 0.29) is 29.3 Å². The Morgan fingerprint density at radius 2 is 1.87 bits per heavy atom. The highest BCUT2D eigenvalue weighted by Crippen LogP contribution is 2.23. The predicted molar refractivity (Wildman–Crippen MR) is 111 cm³/mol. The average Bonchev–Trinajstić information content (AvgIpc) is 2.71. The van der Waals surface area contributed by atoms with Crippen LogP contribution < -0.4 is 21.3 Å². The Hall–Kier alpha value is -3.63. The number of amides is 4. The number of benzene rings is 1. The molecule has 5 N–H and O–H groups in total. The zero-order valence-corrected chi connectivity index (χ0v) is 17.7. The standard InChI is InChI=1S/C20H28N4O7/c1-12(22-11-25)18(28)24-16(6-4-5-9-21-13(2)26)19(29)23-14-7-8-15(17(27)10-14)20(30)31-3/h7-8,10-12,16,27H,4-6,9H2,1-3H3,(H,21,26)(H,22,25)(H,23,29)(H,24,28)/t12-,16-/m0/s1. The SMILES string of the molecule is COC(=O)c1ccc(NC(=O)[C@H](CCCCNC(C)=O)NC(=O)[C@H](C)NC=O)cc1O. The molecule has 1 aromatic carbocycles. The Kier molecular flexibility index (Phi) is 10.5. The molecule has 31 heavy (non-hydrogen) atoms. The van der Waals surface area contributed by atoms with Crippen LogP contribution in [0.15, 0.2) is 18.2 Å². The molecule has 0 aliphatic carbocycles. The number of carbonyl (C=O) groups excluding carboxylic acids is 5. The van der Waals surface area contributed by atoms with Crippen molar-refractivity contribution < 1.29 is 33.8 Å². The average molecular weight is 436 g/mol. The number of carbonyl (C=O) groups is 5. The molecule has 170 valence electrons. The van der Waals surface area contributed by atoms with Crippen LogP contribution in [0.4, 0.5) is 5.69 Å². The number of anilines is 1. The van der Waals surface area contributed by atoms with Gasteiger partial charge >= 0.3 is 5.97 Å². The molecule has 0 saturated carbocycles. The topological polar surface area (TPSA) is 163 Å². The molecule has 0 fully saturated rings. The van der Waals surface area contributed by atoms with Crippen molar-refractivity contribution in [2.45, 2.75) is 45.2 Å². The molecule has 0 aromatic heterocycles. The molecule has 0 aliphatic heterocycles. The van der Waals surface area contributed by atoms with Gasteiger partial charge in [0.15, 0.2) is 0 Å². The summed E-state index contributed by atoms with van der Waals surface area (Å²) in [6, 6.07) is 2.14. The molecule has 2 atom stereocenters. The second-order valence-corrected chi connectivity index (χ2v) is 6.76. The maximum Gasteiger partial charge on any atom is 0.341 e. The number of ether oxygens (including phenoxy) is 1. The van der Waals surface area contributed by atoms with Gasteiger partial charge in [-0.15, -0.1) is 0 Å². The van der Waals surface area contributed by atoms with Gasteiger partial charge in [0.25, 0.3) is 0 Å². The van der Waals surface area contributed by atoms with Gasteiger partial charge in [-0.25, -0.2) is 4.79 Å². The van der Waals surface area contributed by atoms with Crippen LogP contribution in [0.3, 0.4) is 0 Å². The Labute approximate surface area is 179 Å². The molecule has 0 saturated heterocycles. The molecular weight excluding hydrogens is 408 g/mol. The fourth-order valence-electron chi connectivity index (χ4n) is 2.60. The lowest BCUT2D eigenvalue weighted by molar-refractivity contribution is -0.128. The van der Waals surface area contributed by atoms with Gasteiger partial charge in [0.1, 0.15) is 23.4 Å². The summed E-state index contributed by atoms with van der Waals surface area (Å²) in [5.41, 5.74) is 0.156. The Morgan fingerprint density at radius 3 is 2.45 bits per heavy atom. The smallest absolute Gasteiger partial charge is 0.341 e. The monoisotopic (exact) mass is 436 g/mol. The first-order chi connectivity index (χ1) is 14.7. The summed E-state index contributed by atoms with van der Waals surface area (Å²) in [6.07, 6.45) is 1.78. The molecular formula is C20H28N4O7. The van der Waals surface area contributed by atoms with E-state index in [4.69, 9.17) is 0 Å². The van der Waals surface area contributed by atoms with Gasteiger partial charge in [-0.1, -0.05) is 0 Å². The van der Waals surface area contributed by atoms with Gasteiger partial charge < -0.3 is 31.1 Å². The molecule has 0 bridgehead atoms. The summed E-state index contributed by atoms with van der Waals surface area (Å²) in [5, 5.41) is 20.1. The first kappa shape index (κ1) is 25.4. The molecule has 11 nitrogen and oxygen atoms in total. The number of hydrogen-bond donors (Lipinski definition) is 5. The highest BCUT2D eigenvalue weighted by molar-refractivity contribution is 5.99. The summed E-state index contributed by atoms with van der Waals surface area (Å²) >= 11 is 0. The van der Waals surface area contributed by atoms with Crippen LogP contribution in [0, 0.1) is 0 Å². The Morgan fingerprint density at radius 1 is 1.16 bits per heavy atom. The minimum absolute atomic E-state index is 0.0583. The van der Waals surface area contributed by atoms with E-state index in [9.17, 15) is 29.1 Å². The van der Waals surface area contributed by atoms with Gasteiger partial charge in [-0.05, 0) is 38.3 Å². The first-order valence-corrected chi connectivity index (χ1v) is 9.66. The van der Waals surface area contributed by atoms with E-state index in [0.717, 1.165) is 0 Å². The van der Waals surface area contributed by atoms with Gasteiger partial charge in [-0.2, -0.15) is 0 Å². The van der Waals surface area contributed by atoms with Crippen molar-refractivity contribution in [1.29, 1.82) is 0 Å². The summed E-state index contributed by atoms with van der Waals surface area (Å²) in [5.74, 6) is -2.35. The number of phenolic OH excluding ortho intramolecular Hbond substituents is 1. The maximum atomic E-state index is 12.7. The van der Waals surface area contributed by atoms with Crippen LogP contribution in [0.1, 0.15) is 43.5 Å². The van der Waals surface area contributed by atoms with E-state index in [1.165, 1.54) is 39.2 Å². The van der Waals surface area contributed by atoms with Crippen LogP contribution in [-0.2, 0) is 23.9 Å². The van der Waals surface area contributed by atoms with E-state index in [0.29, 0.717) is 25.8 Å². The van der Waals surface area contributed by atoms with E-state index in [2.05, 4.69) is 26.0 Å². The summed E-state index contributed by atoms with van der Waals surface area (Å²) in [6.45, 7) is 3.31. The zero-order chi connectivity index (χ0) is 23.4. The number of nitrogens with one attached hydrogen (secondary N) is 4. The summed E-state index contributed by atoms with van der Waals surface area (Å²) in [7, 11) is 1.18. The van der Waals surface area contributed by atoms with Crippen molar-refractivity contribution in [3.05, 3.63) is 23.8 Å². The molecule has 4 amide bonds. The first-order valence-electron chi connectivity index (χ1n) is 9.66. The molecule has 0 aliphatic rings. The fourth-order valence-corrected chi connectivity index (χ4v) is 2.60. The van der Waals surface area contributed by atoms with Crippen LogP contribution in [0.5, 0.6) is 5.75 Å². The number of methoxy groups -OCH3 is 1. The number of phenols is 1. The Bertz CT molecular complexity index is 813. The predicted octanol–water partition coefficient (Wildman–Crippen LogP) is 0.0430. The largest absolute Gasteiger partial charge is 0.507 e. The van der Waals surface area contributed by atoms with Crippen LogP contribution >= 0.6 is 0 Å². The number of rotatable bonds is 12. The quantitative estimate of drug-likeness (QED) is 0.175. The van der Waals surface area contributed by atoms with Crippen molar-refractivity contribution >= 4 is 35.8 Å². The third-order valence-corrected chi connectivity index (χ3v) is 4.31. The summed E-state index contributed by atoms with van der Waals surface area (Å²) < 4.78 is 4.55. The van der Waals surface area contributed by atoms with E-state index >= 15 is 0 Å². The van der Waals surface area contributed by atoms with Crippen molar-refractivity contribution in [3.8, 4) is 5.75 Å². The third kappa shape index (κ3) is 8.72. The molecule has 0 heterocycles. The minimum Gasteiger partial charge on any atom is -0.507 e. The van der Waals surface area contributed by atoms with Gasteiger partial charge in [0, 0.05) is 25.2 Å². The number of unbranched alkanes of at least 4 members (excludes halogenated alkanes) is 1. The Balaban J connectivity index is 2.84. The molecule has 0 unspecified atom stereocenters. The van der Waals surface area contributed by atoms with Crippen LogP contribution in [-0.4, -0.2) is 60.9 Å². The van der Waals surface area contributed by atoms with E-state index in [1.807, 2.05) is 0 Å². The lowest BCUT2D eigenvalue weighted by Gasteiger charge is -2.21. The van der Waals surface area contributed by atoms with Gasteiger partial charge in [0.05, 0.1) is 7.11 Å². The normalized spacial score (nSPS) is 12.1. The lowest BCUT2D eigenvalue weighted by Crippen LogP contribution is -2.50. The van der Waals surface area contributed by atoms with Crippen molar-refractivity contribution in [3.63, 3.8) is 0 Å². The van der Waals surface area contributed by atoms with Crippen molar-refractivity contribution in [1.82, 2.24) is 16.0 Å². The van der Waals surface area contributed by atoms with Crippen molar-refractivity contribution in [2.24, 2.45) is 0 Å². The lowest BCUT2D eigenvalue weighted by atomic mass is 10.1. The van der Waals surface area contributed by atoms with Gasteiger partial charge in [-0.3, -0.25) is 19.2 Å². The van der Waals surface area contributed by atoms with Crippen LogP contribution in [0.2, 0.25) is 0 Å². The molecule has 11 heteroatoms.